The van der Waals surface area contributed by atoms with E-state index in [0.29, 0.717) is 19.3 Å². The van der Waals surface area contributed by atoms with Gasteiger partial charge in [0.15, 0.2) is 5.78 Å². The maximum atomic E-state index is 12.3. The van der Waals surface area contributed by atoms with E-state index in [1.807, 2.05) is 38.1 Å². The molecule has 1 heterocycles. The standard InChI is InChI=1S/C14H13NO3.C2H6/c16-12-6-5-10(14(18)15-12)11-7-8-3-1-2-4-9(8)13(11)17;1-2/h1-4,10-11H,5-7H2,(H,15,16,18);1-2H3. The summed E-state index contributed by atoms with van der Waals surface area (Å²) in [6, 6.07) is 7.48. The lowest BCUT2D eigenvalue weighted by molar-refractivity contribution is -0.137. The molecule has 0 saturated carbocycles. The third kappa shape index (κ3) is 2.50. The molecule has 1 N–H and O–H groups in total. The van der Waals surface area contributed by atoms with Crippen LogP contribution in [0.4, 0.5) is 0 Å². The minimum atomic E-state index is -0.359. The molecule has 1 fully saturated rings. The quantitative estimate of drug-likeness (QED) is 0.797. The van der Waals surface area contributed by atoms with E-state index in [9.17, 15) is 14.4 Å². The number of piperidine rings is 1. The Morgan fingerprint density at radius 3 is 2.40 bits per heavy atom. The van der Waals surface area contributed by atoms with Crippen molar-refractivity contribution in [3.05, 3.63) is 35.4 Å². The largest absolute Gasteiger partial charge is 0.296 e. The number of carbonyl (C=O) groups excluding carboxylic acids is 3. The summed E-state index contributed by atoms with van der Waals surface area (Å²) in [7, 11) is 0. The van der Waals surface area contributed by atoms with Crippen molar-refractivity contribution in [3.63, 3.8) is 0 Å². The highest BCUT2D eigenvalue weighted by Gasteiger charge is 2.41. The van der Waals surface area contributed by atoms with Crippen LogP contribution in [0.15, 0.2) is 24.3 Å². The summed E-state index contributed by atoms with van der Waals surface area (Å²) >= 11 is 0. The number of carbonyl (C=O) groups is 3. The Labute approximate surface area is 118 Å². The monoisotopic (exact) mass is 273 g/mol. The maximum Gasteiger partial charge on any atom is 0.230 e. The topological polar surface area (TPSA) is 63.2 Å². The van der Waals surface area contributed by atoms with Gasteiger partial charge in [0.2, 0.25) is 11.8 Å². The summed E-state index contributed by atoms with van der Waals surface area (Å²) in [6.07, 6.45) is 1.42. The van der Waals surface area contributed by atoms with Crippen molar-refractivity contribution >= 4 is 17.6 Å². The number of Topliss-reactive ketones (excluding diaryl/α,β-unsaturated/α-hetero) is 1. The summed E-state index contributed by atoms with van der Waals surface area (Å²) < 4.78 is 0. The summed E-state index contributed by atoms with van der Waals surface area (Å²) in [5.41, 5.74) is 1.74. The predicted octanol–water partition coefficient (Wildman–Crippen LogP) is 2.12. The van der Waals surface area contributed by atoms with Gasteiger partial charge in [0.25, 0.3) is 0 Å². The molecule has 106 valence electrons. The highest BCUT2D eigenvalue weighted by Crippen LogP contribution is 2.34. The first-order chi connectivity index (χ1) is 9.66. The van der Waals surface area contributed by atoms with E-state index in [4.69, 9.17) is 0 Å². The lowest BCUT2D eigenvalue weighted by atomic mass is 9.83. The van der Waals surface area contributed by atoms with Crippen LogP contribution in [0.25, 0.3) is 0 Å². The number of hydrogen-bond donors (Lipinski definition) is 1. The second kappa shape index (κ2) is 5.99. The molecule has 20 heavy (non-hydrogen) atoms. The molecule has 2 unspecified atom stereocenters. The van der Waals surface area contributed by atoms with Gasteiger partial charge in [0, 0.05) is 23.8 Å². The fourth-order valence-electron chi connectivity index (χ4n) is 2.89. The number of fused-ring (bicyclic) bond motifs is 1. The number of ketones is 1. The van der Waals surface area contributed by atoms with E-state index in [1.54, 1.807) is 0 Å². The van der Waals surface area contributed by atoms with Crippen LogP contribution in [0.1, 0.15) is 42.6 Å². The zero-order chi connectivity index (χ0) is 14.7. The molecule has 1 aromatic carbocycles. The van der Waals surface area contributed by atoms with Gasteiger partial charge in [-0.05, 0) is 18.4 Å². The molecular formula is C16H19NO3. The van der Waals surface area contributed by atoms with Gasteiger partial charge in [-0.3, -0.25) is 19.7 Å². The lowest BCUT2D eigenvalue weighted by Gasteiger charge is -2.24. The van der Waals surface area contributed by atoms with Gasteiger partial charge in [-0.25, -0.2) is 0 Å². The van der Waals surface area contributed by atoms with Crippen molar-refractivity contribution in [2.75, 3.05) is 0 Å². The van der Waals surface area contributed by atoms with Crippen molar-refractivity contribution in [2.24, 2.45) is 11.8 Å². The molecule has 0 aromatic heterocycles. The van der Waals surface area contributed by atoms with Crippen LogP contribution < -0.4 is 5.32 Å². The highest BCUT2D eigenvalue weighted by atomic mass is 16.2. The molecule has 0 radical (unpaired) electrons. The molecule has 2 amide bonds. The average Bonchev–Trinajstić information content (AvgIpc) is 2.79. The van der Waals surface area contributed by atoms with Crippen LogP contribution in [0.5, 0.6) is 0 Å². The molecule has 2 aliphatic rings. The minimum Gasteiger partial charge on any atom is -0.296 e. The zero-order valence-corrected chi connectivity index (χ0v) is 11.8. The van der Waals surface area contributed by atoms with E-state index in [2.05, 4.69) is 5.32 Å². The van der Waals surface area contributed by atoms with Gasteiger partial charge in [-0.2, -0.15) is 0 Å². The molecule has 4 heteroatoms. The molecule has 0 spiro atoms. The van der Waals surface area contributed by atoms with Crippen molar-refractivity contribution < 1.29 is 14.4 Å². The average molecular weight is 273 g/mol. The summed E-state index contributed by atoms with van der Waals surface area (Å²) in [5.74, 6) is -1.14. The highest BCUT2D eigenvalue weighted by molar-refractivity contribution is 6.07. The Kier molecular flexibility index (Phi) is 4.32. The first-order valence-corrected chi connectivity index (χ1v) is 7.12. The van der Waals surface area contributed by atoms with Gasteiger partial charge < -0.3 is 0 Å². The van der Waals surface area contributed by atoms with Crippen molar-refractivity contribution in [3.8, 4) is 0 Å². The molecular weight excluding hydrogens is 254 g/mol. The van der Waals surface area contributed by atoms with Gasteiger partial charge in [-0.15, -0.1) is 0 Å². The van der Waals surface area contributed by atoms with Gasteiger partial charge in [-0.1, -0.05) is 38.1 Å². The molecule has 1 saturated heterocycles. The lowest BCUT2D eigenvalue weighted by Crippen LogP contribution is -2.44. The van der Waals surface area contributed by atoms with Crippen molar-refractivity contribution in [1.82, 2.24) is 5.32 Å². The number of hydrogen-bond acceptors (Lipinski definition) is 3. The summed E-state index contributed by atoms with van der Waals surface area (Å²) in [4.78, 5) is 35.2. The number of imide groups is 1. The maximum absolute atomic E-state index is 12.3. The van der Waals surface area contributed by atoms with Gasteiger partial charge in [0.1, 0.15) is 0 Å². The first-order valence-electron chi connectivity index (χ1n) is 7.12. The van der Waals surface area contributed by atoms with Crippen molar-refractivity contribution in [1.29, 1.82) is 0 Å². The van der Waals surface area contributed by atoms with E-state index in [0.717, 1.165) is 11.1 Å². The van der Waals surface area contributed by atoms with E-state index in [1.165, 1.54) is 0 Å². The van der Waals surface area contributed by atoms with Gasteiger partial charge in [0.05, 0.1) is 0 Å². The molecule has 3 rings (SSSR count). The Balaban J connectivity index is 0.000000704. The zero-order valence-electron chi connectivity index (χ0n) is 11.8. The molecule has 1 aromatic rings. The second-order valence-corrected chi connectivity index (χ2v) is 4.89. The molecule has 1 aliphatic heterocycles. The van der Waals surface area contributed by atoms with Gasteiger partial charge >= 0.3 is 0 Å². The smallest absolute Gasteiger partial charge is 0.230 e. The Hall–Kier alpha value is -1.97. The van der Waals surface area contributed by atoms with E-state index in [-0.39, 0.29) is 29.4 Å². The Morgan fingerprint density at radius 1 is 1.05 bits per heavy atom. The molecule has 4 nitrogen and oxygen atoms in total. The van der Waals surface area contributed by atoms with Crippen LogP contribution in [-0.2, 0) is 16.0 Å². The van der Waals surface area contributed by atoms with Crippen LogP contribution in [0.2, 0.25) is 0 Å². The minimum absolute atomic E-state index is 0.0418. The van der Waals surface area contributed by atoms with Crippen LogP contribution in [0.3, 0.4) is 0 Å². The van der Waals surface area contributed by atoms with Crippen LogP contribution in [-0.4, -0.2) is 17.6 Å². The molecule has 1 aliphatic carbocycles. The third-order valence-corrected chi connectivity index (χ3v) is 3.83. The predicted molar refractivity (Wildman–Crippen MR) is 75.2 cm³/mol. The molecule has 0 bridgehead atoms. The fourth-order valence-corrected chi connectivity index (χ4v) is 2.89. The second-order valence-electron chi connectivity index (χ2n) is 4.89. The van der Waals surface area contributed by atoms with Crippen molar-refractivity contribution in [2.45, 2.75) is 33.1 Å². The number of rotatable bonds is 1. The van der Waals surface area contributed by atoms with Crippen LogP contribution in [0, 0.1) is 11.8 Å². The summed E-state index contributed by atoms with van der Waals surface area (Å²) in [5, 5.41) is 2.32. The first kappa shape index (κ1) is 14.4. The van der Waals surface area contributed by atoms with Crippen LogP contribution >= 0.6 is 0 Å². The fraction of sp³-hybridized carbons (Fsp3) is 0.438. The Bertz CT molecular complexity index is 550. The number of nitrogens with one attached hydrogen (secondary N) is 1. The molecule has 2 atom stereocenters. The number of benzene rings is 1. The SMILES string of the molecule is CC.O=C1CCC(C2Cc3ccccc3C2=O)C(=O)N1. The normalized spacial score (nSPS) is 24.6. The number of amides is 2. The van der Waals surface area contributed by atoms with E-state index >= 15 is 0 Å². The summed E-state index contributed by atoms with van der Waals surface area (Å²) in [6.45, 7) is 4.00. The van der Waals surface area contributed by atoms with E-state index < -0.39 is 0 Å². The Morgan fingerprint density at radius 2 is 1.75 bits per heavy atom. The third-order valence-electron chi connectivity index (χ3n) is 3.83.